The number of nitrogens with one attached hydrogen (secondary N) is 2. The summed E-state index contributed by atoms with van der Waals surface area (Å²) in [4.78, 5) is 25.9. The van der Waals surface area contributed by atoms with Gasteiger partial charge in [0.1, 0.15) is 0 Å². The summed E-state index contributed by atoms with van der Waals surface area (Å²) in [5.74, 6) is -0.0741. The third-order valence-corrected chi connectivity index (χ3v) is 3.07. The molecule has 0 aliphatic heterocycles. The van der Waals surface area contributed by atoms with Crippen LogP contribution in [0, 0.1) is 27.7 Å². The van der Waals surface area contributed by atoms with E-state index in [0.717, 1.165) is 22.3 Å². The zero-order chi connectivity index (χ0) is 15.4. The molecule has 2 rings (SSSR count). The van der Waals surface area contributed by atoms with Crippen LogP contribution in [0.25, 0.3) is 0 Å². The van der Waals surface area contributed by atoms with Gasteiger partial charge in [-0.2, -0.15) is 0 Å². The normalized spacial score (nSPS) is 9.80. The molecule has 0 radical (unpaired) electrons. The second-order valence-corrected chi connectivity index (χ2v) is 4.58. The largest absolute Gasteiger partial charge is 0.494 e. The van der Waals surface area contributed by atoms with E-state index in [-0.39, 0.29) is 22.9 Å². The number of aromatic amines is 2. The van der Waals surface area contributed by atoms with Gasteiger partial charge in [0, 0.05) is 23.3 Å². The number of aromatic nitrogens is 2. The summed E-state index contributed by atoms with van der Waals surface area (Å²) < 4.78 is 0. The smallest absolute Gasteiger partial charge is 0.250 e. The van der Waals surface area contributed by atoms with Crippen LogP contribution < -0.4 is 11.1 Å². The van der Waals surface area contributed by atoms with Gasteiger partial charge >= 0.3 is 0 Å². The third kappa shape index (κ3) is 3.74. The van der Waals surface area contributed by atoms with Crippen molar-refractivity contribution < 1.29 is 10.2 Å². The van der Waals surface area contributed by atoms with Gasteiger partial charge in [0.25, 0.3) is 11.1 Å². The summed E-state index contributed by atoms with van der Waals surface area (Å²) in [5, 5.41) is 18.1. The standard InChI is InChI=1S/2C7H9NO2/c2*1-4-3-6(9)8-7(10)5(4)2/h2*3H,1-2H3,(H2,8,9,10). The van der Waals surface area contributed by atoms with Crippen molar-refractivity contribution >= 4 is 0 Å². The van der Waals surface area contributed by atoms with Gasteiger partial charge in [0.2, 0.25) is 0 Å². The Morgan fingerprint density at radius 1 is 0.750 bits per heavy atom. The van der Waals surface area contributed by atoms with E-state index in [1.54, 1.807) is 27.7 Å². The first-order valence-electron chi connectivity index (χ1n) is 6.01. The third-order valence-electron chi connectivity index (χ3n) is 3.07. The molecule has 0 spiro atoms. The molecule has 0 unspecified atom stereocenters. The van der Waals surface area contributed by atoms with Gasteiger partial charge in [-0.1, -0.05) is 0 Å². The molecule has 2 aromatic rings. The Morgan fingerprint density at radius 3 is 1.30 bits per heavy atom. The van der Waals surface area contributed by atoms with Crippen LogP contribution >= 0.6 is 0 Å². The lowest BCUT2D eigenvalue weighted by Gasteiger charge is -1.99. The molecule has 108 valence electrons. The highest BCUT2D eigenvalue weighted by atomic mass is 16.3. The predicted octanol–water partition coefficient (Wildman–Crippen LogP) is 1.39. The van der Waals surface area contributed by atoms with Gasteiger partial charge in [0.05, 0.1) is 0 Å². The summed E-state index contributed by atoms with van der Waals surface area (Å²) in [7, 11) is 0. The van der Waals surface area contributed by atoms with Gasteiger partial charge in [-0.05, 0) is 38.8 Å². The number of H-pyrrole nitrogens is 2. The van der Waals surface area contributed by atoms with Crippen molar-refractivity contribution in [1.82, 2.24) is 9.97 Å². The maximum atomic E-state index is 10.6. The highest BCUT2D eigenvalue weighted by Crippen LogP contribution is 2.12. The molecule has 0 bridgehead atoms. The Labute approximate surface area is 115 Å². The highest BCUT2D eigenvalue weighted by Gasteiger charge is 1.99. The Morgan fingerprint density at radius 2 is 1.05 bits per heavy atom. The van der Waals surface area contributed by atoms with Gasteiger partial charge in [-0.25, -0.2) is 0 Å². The number of hydrogen-bond acceptors (Lipinski definition) is 4. The summed E-state index contributed by atoms with van der Waals surface area (Å²) in [5.41, 5.74) is 2.53. The van der Waals surface area contributed by atoms with Crippen molar-refractivity contribution in [1.29, 1.82) is 0 Å². The monoisotopic (exact) mass is 278 g/mol. The molecule has 0 aliphatic rings. The van der Waals surface area contributed by atoms with Crippen molar-refractivity contribution in [2.45, 2.75) is 27.7 Å². The molecule has 2 heterocycles. The van der Waals surface area contributed by atoms with Crippen molar-refractivity contribution in [3.8, 4) is 11.8 Å². The summed E-state index contributed by atoms with van der Waals surface area (Å²) in [6.07, 6.45) is 0. The number of hydrogen-bond donors (Lipinski definition) is 4. The van der Waals surface area contributed by atoms with Crippen LogP contribution in [0.2, 0.25) is 0 Å². The summed E-state index contributed by atoms with van der Waals surface area (Å²) in [6.45, 7) is 7.07. The fraction of sp³-hybridized carbons (Fsp3) is 0.286. The number of rotatable bonds is 0. The average molecular weight is 278 g/mol. The van der Waals surface area contributed by atoms with E-state index in [1.807, 2.05) is 0 Å². The van der Waals surface area contributed by atoms with Crippen LogP contribution in [-0.2, 0) is 0 Å². The van der Waals surface area contributed by atoms with E-state index in [2.05, 4.69) is 9.97 Å². The van der Waals surface area contributed by atoms with E-state index < -0.39 is 0 Å². The number of aryl methyl sites for hydroxylation is 2. The Bertz CT molecular complexity index is 613. The average Bonchev–Trinajstić information content (AvgIpc) is 2.33. The predicted molar refractivity (Wildman–Crippen MR) is 76.4 cm³/mol. The van der Waals surface area contributed by atoms with Crippen LogP contribution in [0.3, 0.4) is 0 Å². The second kappa shape index (κ2) is 6.10. The lowest BCUT2D eigenvalue weighted by atomic mass is 10.2. The Kier molecular flexibility index (Phi) is 4.74. The minimum Gasteiger partial charge on any atom is -0.494 e. The van der Waals surface area contributed by atoms with E-state index in [0.29, 0.717) is 0 Å². The van der Waals surface area contributed by atoms with Crippen molar-refractivity contribution in [2.24, 2.45) is 0 Å². The van der Waals surface area contributed by atoms with E-state index >= 15 is 0 Å². The topological polar surface area (TPSA) is 106 Å². The van der Waals surface area contributed by atoms with Gasteiger partial charge < -0.3 is 10.2 Å². The fourth-order valence-electron chi connectivity index (χ4n) is 1.48. The zero-order valence-electron chi connectivity index (χ0n) is 11.9. The highest BCUT2D eigenvalue weighted by molar-refractivity contribution is 5.31. The molecule has 0 amide bonds. The quantitative estimate of drug-likeness (QED) is 0.584. The minimum absolute atomic E-state index is 0.0370. The van der Waals surface area contributed by atoms with Crippen molar-refractivity contribution in [3.05, 3.63) is 55.1 Å². The van der Waals surface area contributed by atoms with Crippen LogP contribution in [0.5, 0.6) is 11.8 Å². The molecule has 0 atom stereocenters. The van der Waals surface area contributed by atoms with Gasteiger partial charge in [-0.3, -0.25) is 19.6 Å². The fourth-order valence-corrected chi connectivity index (χ4v) is 1.48. The van der Waals surface area contributed by atoms with Crippen LogP contribution in [0.15, 0.2) is 21.7 Å². The van der Waals surface area contributed by atoms with E-state index in [1.165, 1.54) is 12.1 Å². The number of aromatic hydroxyl groups is 2. The molecule has 2 aromatic heterocycles. The van der Waals surface area contributed by atoms with Crippen molar-refractivity contribution in [3.63, 3.8) is 0 Å². The molecule has 0 aliphatic carbocycles. The Balaban J connectivity index is 0.000000200. The molecule has 0 aromatic carbocycles. The molecule has 4 N–H and O–H groups in total. The minimum atomic E-state index is -0.263. The molecule has 20 heavy (non-hydrogen) atoms. The molecule has 0 fully saturated rings. The maximum absolute atomic E-state index is 10.6. The molecule has 6 heteroatoms. The first-order chi connectivity index (χ1) is 9.22. The second-order valence-electron chi connectivity index (χ2n) is 4.58. The lowest BCUT2D eigenvalue weighted by molar-refractivity contribution is 0.446. The van der Waals surface area contributed by atoms with E-state index in [4.69, 9.17) is 10.2 Å². The SMILES string of the molecule is Cc1cc(=O)[nH]c(O)c1C.Cc1cc(=O)[nH]c(O)c1C. The molecular formula is C14H18N2O4. The number of pyridine rings is 2. The molecule has 0 saturated heterocycles. The zero-order valence-corrected chi connectivity index (χ0v) is 11.9. The van der Waals surface area contributed by atoms with Gasteiger partial charge in [-0.15, -0.1) is 0 Å². The first kappa shape index (κ1) is 15.6. The summed E-state index contributed by atoms with van der Waals surface area (Å²) >= 11 is 0. The van der Waals surface area contributed by atoms with E-state index in [9.17, 15) is 9.59 Å². The molecular weight excluding hydrogens is 260 g/mol. The van der Waals surface area contributed by atoms with Crippen LogP contribution in [0.1, 0.15) is 22.3 Å². The van der Waals surface area contributed by atoms with Crippen LogP contribution in [0.4, 0.5) is 0 Å². The molecule has 0 saturated carbocycles. The maximum Gasteiger partial charge on any atom is 0.250 e. The Hall–Kier alpha value is -2.50. The van der Waals surface area contributed by atoms with Crippen LogP contribution in [-0.4, -0.2) is 20.2 Å². The van der Waals surface area contributed by atoms with Gasteiger partial charge in [0.15, 0.2) is 11.8 Å². The lowest BCUT2D eigenvalue weighted by Crippen LogP contribution is -2.05. The first-order valence-corrected chi connectivity index (χ1v) is 6.01. The van der Waals surface area contributed by atoms with Crippen molar-refractivity contribution in [2.75, 3.05) is 0 Å². The summed E-state index contributed by atoms with van der Waals surface area (Å²) in [6, 6.07) is 2.91. The molecule has 6 nitrogen and oxygen atoms in total.